The zero-order valence-corrected chi connectivity index (χ0v) is 48.9. The quantitative estimate of drug-likeness (QED) is 0.0320. The van der Waals surface area contributed by atoms with Crippen molar-refractivity contribution in [1.29, 1.82) is 0 Å². The van der Waals surface area contributed by atoms with E-state index in [1.54, 1.807) is 6.08 Å². The molecule has 0 saturated carbocycles. The van der Waals surface area contributed by atoms with Gasteiger partial charge >= 0.3 is 5.97 Å². The number of rotatable bonds is 62. The van der Waals surface area contributed by atoms with Gasteiger partial charge in [-0.3, -0.25) is 9.59 Å². The largest absolute Gasteiger partial charge is 0.466 e. The van der Waals surface area contributed by atoms with Crippen molar-refractivity contribution in [1.82, 2.24) is 5.32 Å². The lowest BCUT2D eigenvalue weighted by Crippen LogP contribution is -2.45. The lowest BCUT2D eigenvalue weighted by atomic mass is 10.0. The maximum Gasteiger partial charge on any atom is 0.305 e. The van der Waals surface area contributed by atoms with Crippen molar-refractivity contribution in [3.63, 3.8) is 0 Å². The van der Waals surface area contributed by atoms with Crippen LogP contribution in [-0.4, -0.2) is 47.4 Å². The molecule has 3 N–H and O–H groups in total. The van der Waals surface area contributed by atoms with E-state index in [1.165, 1.54) is 308 Å². The number of carbonyl (C=O) groups is 2. The summed E-state index contributed by atoms with van der Waals surface area (Å²) in [5.41, 5.74) is 0. The number of aliphatic hydroxyl groups excluding tert-OH is 2. The summed E-state index contributed by atoms with van der Waals surface area (Å²) in [6, 6.07) is -0.631. The van der Waals surface area contributed by atoms with E-state index in [0.29, 0.717) is 19.4 Å². The number of esters is 1. The molecule has 72 heavy (non-hydrogen) atoms. The Morgan fingerprint density at radius 1 is 0.375 bits per heavy atom. The number of hydrogen-bond acceptors (Lipinski definition) is 5. The SMILES string of the molecule is CCCCCCCCCCCCCCCCCCCCCCCC/C=C/C(O)C(CO)NC(=O)CCCCCCCCCCCCCCCCCCCCOC(=O)CCCCCCCCCCCCCCC. The van der Waals surface area contributed by atoms with E-state index in [2.05, 4.69) is 19.2 Å². The second-order valence-electron chi connectivity index (χ2n) is 22.8. The zero-order chi connectivity index (χ0) is 52.2. The van der Waals surface area contributed by atoms with Gasteiger partial charge in [-0.05, 0) is 32.1 Å². The molecule has 0 radical (unpaired) electrons. The molecule has 0 fully saturated rings. The minimum atomic E-state index is -0.848. The summed E-state index contributed by atoms with van der Waals surface area (Å²) in [5, 5.41) is 23.2. The number of ether oxygens (including phenoxy) is 1. The molecule has 0 spiro atoms. The number of aliphatic hydroxyl groups is 2. The van der Waals surface area contributed by atoms with Crippen LogP contribution in [0.1, 0.15) is 373 Å². The number of hydrogen-bond donors (Lipinski definition) is 3. The van der Waals surface area contributed by atoms with Gasteiger partial charge in [0.15, 0.2) is 0 Å². The van der Waals surface area contributed by atoms with E-state index in [0.717, 1.165) is 38.5 Å². The van der Waals surface area contributed by atoms with Gasteiger partial charge in [-0.25, -0.2) is 0 Å². The summed E-state index contributed by atoms with van der Waals surface area (Å²) >= 11 is 0. The van der Waals surface area contributed by atoms with Gasteiger partial charge in [0.05, 0.1) is 25.4 Å². The van der Waals surface area contributed by atoms with Gasteiger partial charge in [0.2, 0.25) is 5.91 Å². The highest BCUT2D eigenvalue weighted by Gasteiger charge is 2.18. The van der Waals surface area contributed by atoms with Crippen LogP contribution in [0.5, 0.6) is 0 Å². The molecule has 2 unspecified atom stereocenters. The molecule has 6 nitrogen and oxygen atoms in total. The fourth-order valence-electron chi connectivity index (χ4n) is 10.5. The predicted octanol–water partition coefficient (Wildman–Crippen LogP) is 20.8. The minimum Gasteiger partial charge on any atom is -0.466 e. The van der Waals surface area contributed by atoms with Crippen LogP contribution in [0.2, 0.25) is 0 Å². The summed E-state index contributed by atoms with van der Waals surface area (Å²) in [5.74, 6) is -0.0582. The van der Waals surface area contributed by atoms with Crippen molar-refractivity contribution in [2.24, 2.45) is 0 Å². The maximum atomic E-state index is 12.5. The van der Waals surface area contributed by atoms with Crippen LogP contribution >= 0.6 is 0 Å². The molecular formula is C66H129NO5. The average Bonchev–Trinajstić information content (AvgIpc) is 3.38. The molecule has 0 aliphatic heterocycles. The molecule has 0 aromatic rings. The monoisotopic (exact) mass is 1020 g/mol. The third-order valence-corrected chi connectivity index (χ3v) is 15.6. The molecule has 2 atom stereocenters. The Hall–Kier alpha value is -1.40. The molecular weight excluding hydrogens is 887 g/mol. The Morgan fingerprint density at radius 2 is 0.639 bits per heavy atom. The average molecular weight is 1020 g/mol. The third-order valence-electron chi connectivity index (χ3n) is 15.6. The highest BCUT2D eigenvalue weighted by Crippen LogP contribution is 2.19. The molecule has 0 rings (SSSR count). The molecule has 0 saturated heterocycles. The fraction of sp³-hybridized carbons (Fsp3) is 0.939. The van der Waals surface area contributed by atoms with Crippen LogP contribution in [0.4, 0.5) is 0 Å². The molecule has 6 heteroatoms. The number of unbranched alkanes of at least 4 members (excludes halogenated alkanes) is 51. The Balaban J connectivity index is 3.43. The lowest BCUT2D eigenvalue weighted by Gasteiger charge is -2.20. The van der Waals surface area contributed by atoms with Crippen LogP contribution in [0, 0.1) is 0 Å². The normalized spacial score (nSPS) is 12.6. The highest BCUT2D eigenvalue weighted by molar-refractivity contribution is 5.76. The van der Waals surface area contributed by atoms with Gasteiger partial charge in [0.25, 0.3) is 0 Å². The van der Waals surface area contributed by atoms with Gasteiger partial charge in [0, 0.05) is 12.8 Å². The predicted molar refractivity (Wildman–Crippen MR) is 315 cm³/mol. The Bertz CT molecular complexity index is 1080. The van der Waals surface area contributed by atoms with E-state index in [-0.39, 0.29) is 18.5 Å². The first kappa shape index (κ1) is 70.6. The van der Waals surface area contributed by atoms with Gasteiger partial charge < -0.3 is 20.3 Å². The van der Waals surface area contributed by atoms with Crippen LogP contribution in [0.3, 0.4) is 0 Å². The van der Waals surface area contributed by atoms with Crippen molar-refractivity contribution >= 4 is 11.9 Å². The van der Waals surface area contributed by atoms with Gasteiger partial charge in [-0.15, -0.1) is 0 Å². The zero-order valence-electron chi connectivity index (χ0n) is 48.9. The molecule has 0 bridgehead atoms. The van der Waals surface area contributed by atoms with E-state index in [1.807, 2.05) is 6.08 Å². The molecule has 0 aliphatic carbocycles. The second-order valence-corrected chi connectivity index (χ2v) is 22.8. The minimum absolute atomic E-state index is 0.00914. The Morgan fingerprint density at radius 3 is 0.944 bits per heavy atom. The first-order valence-corrected chi connectivity index (χ1v) is 33.0. The van der Waals surface area contributed by atoms with Gasteiger partial charge in [-0.1, -0.05) is 341 Å². The molecule has 0 aromatic carbocycles. The van der Waals surface area contributed by atoms with Crippen molar-refractivity contribution in [2.75, 3.05) is 13.2 Å². The van der Waals surface area contributed by atoms with Gasteiger partial charge in [0.1, 0.15) is 0 Å². The molecule has 1 amide bonds. The van der Waals surface area contributed by atoms with E-state index >= 15 is 0 Å². The van der Waals surface area contributed by atoms with Crippen LogP contribution in [0.25, 0.3) is 0 Å². The summed E-state index contributed by atoms with van der Waals surface area (Å²) in [7, 11) is 0. The molecule has 0 aromatic heterocycles. The van der Waals surface area contributed by atoms with Crippen molar-refractivity contribution < 1.29 is 24.5 Å². The topological polar surface area (TPSA) is 95.9 Å². The van der Waals surface area contributed by atoms with E-state index in [9.17, 15) is 19.8 Å². The number of carbonyl (C=O) groups excluding carboxylic acids is 2. The Kier molecular flexibility index (Phi) is 60.9. The second kappa shape index (κ2) is 62.1. The molecule has 0 aliphatic rings. The van der Waals surface area contributed by atoms with E-state index in [4.69, 9.17) is 4.74 Å². The van der Waals surface area contributed by atoms with Gasteiger partial charge in [-0.2, -0.15) is 0 Å². The van der Waals surface area contributed by atoms with Crippen LogP contribution in [0.15, 0.2) is 12.2 Å². The van der Waals surface area contributed by atoms with Crippen molar-refractivity contribution in [2.45, 2.75) is 386 Å². The molecule has 428 valence electrons. The number of allylic oxidation sites excluding steroid dienone is 1. The maximum absolute atomic E-state index is 12.5. The van der Waals surface area contributed by atoms with Crippen LogP contribution in [-0.2, 0) is 14.3 Å². The standard InChI is InChI=1S/C66H129NO5/c1-3-5-7-9-11-13-15-17-18-19-20-21-22-23-24-25-28-31-35-38-42-46-50-54-58-64(69)63(62-68)67-65(70)59-55-51-47-43-39-36-32-29-26-27-30-33-37-41-45-49-53-57-61-72-66(71)60-56-52-48-44-40-34-16-14-12-10-8-6-4-2/h54,58,63-64,68-69H,3-53,55-57,59-62H2,1-2H3,(H,67,70)/b58-54+. The van der Waals surface area contributed by atoms with Crippen molar-refractivity contribution in [3.8, 4) is 0 Å². The first-order chi connectivity index (χ1) is 35.5. The molecule has 0 heterocycles. The first-order valence-electron chi connectivity index (χ1n) is 33.0. The summed E-state index contributed by atoms with van der Waals surface area (Å²) in [6.07, 6.45) is 75.5. The summed E-state index contributed by atoms with van der Waals surface area (Å²) in [6.45, 7) is 4.93. The third kappa shape index (κ3) is 57.9. The highest BCUT2D eigenvalue weighted by atomic mass is 16.5. The van der Waals surface area contributed by atoms with E-state index < -0.39 is 12.1 Å². The van der Waals surface area contributed by atoms with Crippen molar-refractivity contribution in [3.05, 3.63) is 12.2 Å². The smallest absolute Gasteiger partial charge is 0.305 e. The summed E-state index contributed by atoms with van der Waals surface area (Å²) in [4.78, 5) is 24.6. The Labute approximate surface area is 450 Å². The number of nitrogens with one attached hydrogen (secondary N) is 1. The summed E-state index contributed by atoms with van der Waals surface area (Å²) < 4.78 is 5.48. The van der Waals surface area contributed by atoms with Crippen LogP contribution < -0.4 is 5.32 Å². The number of amides is 1. The fourth-order valence-corrected chi connectivity index (χ4v) is 10.5. The lowest BCUT2D eigenvalue weighted by molar-refractivity contribution is -0.143.